The summed E-state index contributed by atoms with van der Waals surface area (Å²) in [4.78, 5) is 24.8. The van der Waals surface area contributed by atoms with Crippen molar-refractivity contribution in [2.45, 2.75) is 31.8 Å². The number of carbonyl (C=O) groups excluding carboxylic acids is 2. The molecule has 3 N–H and O–H groups in total. The Kier molecular flexibility index (Phi) is 6.82. The van der Waals surface area contributed by atoms with Gasteiger partial charge in [-0.15, -0.1) is 0 Å². The van der Waals surface area contributed by atoms with Crippen LogP contribution < -0.4 is 16.0 Å². The smallest absolute Gasteiger partial charge is 0.253 e. The van der Waals surface area contributed by atoms with Gasteiger partial charge in [0, 0.05) is 36.9 Å². The van der Waals surface area contributed by atoms with Crippen LogP contribution in [0.5, 0.6) is 0 Å². The minimum atomic E-state index is -0.392. The zero-order chi connectivity index (χ0) is 19.1. The number of carbonyl (C=O) groups is 2. The van der Waals surface area contributed by atoms with Crippen molar-refractivity contribution in [3.63, 3.8) is 0 Å². The highest BCUT2D eigenvalue weighted by Crippen LogP contribution is 2.28. The van der Waals surface area contributed by atoms with Gasteiger partial charge in [-0.2, -0.15) is 0 Å². The molecule has 0 bridgehead atoms. The Hall–Kier alpha value is -1.96. The summed E-state index contributed by atoms with van der Waals surface area (Å²) >= 11 is 0. The molecule has 7 heteroatoms. The zero-order valence-corrected chi connectivity index (χ0v) is 15.9. The van der Waals surface area contributed by atoms with Crippen molar-refractivity contribution in [2.24, 2.45) is 5.41 Å². The van der Waals surface area contributed by atoms with Crippen LogP contribution in [0.4, 0.5) is 5.69 Å². The Morgan fingerprint density at radius 3 is 2.85 bits per heavy atom. The molecule has 2 amide bonds. The van der Waals surface area contributed by atoms with Gasteiger partial charge in [-0.05, 0) is 57.0 Å². The molecule has 0 radical (unpaired) electrons. The SMILES string of the molecule is COCC1(CNC(=O)c2cccc(NC(=O)C3CCCO3)c2)CCNCC1. The molecule has 7 nitrogen and oxygen atoms in total. The van der Waals surface area contributed by atoms with Crippen molar-refractivity contribution in [2.75, 3.05) is 45.3 Å². The molecule has 2 aliphatic rings. The molecule has 1 aromatic rings. The molecular formula is C20H29N3O4. The minimum Gasteiger partial charge on any atom is -0.384 e. The van der Waals surface area contributed by atoms with Gasteiger partial charge in [0.15, 0.2) is 0 Å². The first-order valence-electron chi connectivity index (χ1n) is 9.62. The van der Waals surface area contributed by atoms with Gasteiger partial charge in [0.25, 0.3) is 11.8 Å². The fraction of sp³-hybridized carbons (Fsp3) is 0.600. The van der Waals surface area contributed by atoms with E-state index in [9.17, 15) is 9.59 Å². The Bertz CT molecular complexity index is 647. The summed E-state index contributed by atoms with van der Waals surface area (Å²) in [6.45, 7) is 3.70. The van der Waals surface area contributed by atoms with Crippen molar-refractivity contribution in [3.8, 4) is 0 Å². The zero-order valence-electron chi connectivity index (χ0n) is 15.9. The van der Waals surface area contributed by atoms with E-state index in [1.807, 2.05) is 0 Å². The van der Waals surface area contributed by atoms with Gasteiger partial charge in [0.2, 0.25) is 0 Å². The van der Waals surface area contributed by atoms with Crippen LogP contribution in [0.25, 0.3) is 0 Å². The number of anilines is 1. The number of hydrogen-bond acceptors (Lipinski definition) is 5. The molecule has 3 rings (SSSR count). The second-order valence-electron chi connectivity index (χ2n) is 7.44. The predicted molar refractivity (Wildman–Crippen MR) is 103 cm³/mol. The van der Waals surface area contributed by atoms with E-state index in [4.69, 9.17) is 9.47 Å². The van der Waals surface area contributed by atoms with E-state index in [1.165, 1.54) is 0 Å². The molecule has 2 heterocycles. The van der Waals surface area contributed by atoms with E-state index in [0.29, 0.717) is 31.0 Å². The lowest BCUT2D eigenvalue weighted by molar-refractivity contribution is -0.124. The van der Waals surface area contributed by atoms with Gasteiger partial charge in [0.1, 0.15) is 6.10 Å². The quantitative estimate of drug-likeness (QED) is 0.673. The van der Waals surface area contributed by atoms with Crippen molar-refractivity contribution < 1.29 is 19.1 Å². The number of nitrogens with one attached hydrogen (secondary N) is 3. The van der Waals surface area contributed by atoms with E-state index in [-0.39, 0.29) is 17.2 Å². The van der Waals surface area contributed by atoms with Crippen LogP contribution in [-0.4, -0.2) is 57.9 Å². The van der Waals surface area contributed by atoms with Crippen LogP contribution in [0.1, 0.15) is 36.0 Å². The molecule has 2 fully saturated rings. The molecule has 27 heavy (non-hydrogen) atoms. The number of hydrogen-bond donors (Lipinski definition) is 3. The van der Waals surface area contributed by atoms with E-state index < -0.39 is 6.10 Å². The first-order chi connectivity index (χ1) is 13.1. The van der Waals surface area contributed by atoms with Crippen molar-refractivity contribution in [1.29, 1.82) is 0 Å². The maximum atomic E-state index is 12.6. The molecule has 2 aliphatic heterocycles. The van der Waals surface area contributed by atoms with Gasteiger partial charge in [-0.3, -0.25) is 9.59 Å². The average Bonchev–Trinajstić information content (AvgIpc) is 3.22. The first kappa shape index (κ1) is 19.8. The Balaban J connectivity index is 1.58. The van der Waals surface area contributed by atoms with Crippen LogP contribution in [0, 0.1) is 5.41 Å². The topological polar surface area (TPSA) is 88.7 Å². The molecule has 1 unspecified atom stereocenters. The summed E-state index contributed by atoms with van der Waals surface area (Å²) in [5.41, 5.74) is 1.11. The van der Waals surface area contributed by atoms with E-state index in [0.717, 1.165) is 38.8 Å². The molecular weight excluding hydrogens is 346 g/mol. The van der Waals surface area contributed by atoms with Crippen LogP contribution >= 0.6 is 0 Å². The summed E-state index contributed by atoms with van der Waals surface area (Å²) in [5.74, 6) is -0.295. The highest BCUT2D eigenvalue weighted by molar-refractivity contribution is 5.98. The molecule has 0 saturated carbocycles. The molecule has 0 aromatic heterocycles. The Morgan fingerprint density at radius 2 is 2.15 bits per heavy atom. The van der Waals surface area contributed by atoms with E-state index in [1.54, 1.807) is 31.4 Å². The largest absolute Gasteiger partial charge is 0.384 e. The third-order valence-electron chi connectivity index (χ3n) is 5.35. The second kappa shape index (κ2) is 9.30. The predicted octanol–water partition coefficient (Wildman–Crippen LogP) is 1.55. The van der Waals surface area contributed by atoms with Gasteiger partial charge in [-0.1, -0.05) is 6.07 Å². The van der Waals surface area contributed by atoms with E-state index in [2.05, 4.69) is 16.0 Å². The minimum absolute atomic E-state index is 0.0265. The van der Waals surface area contributed by atoms with E-state index >= 15 is 0 Å². The monoisotopic (exact) mass is 375 g/mol. The Labute approximate surface area is 160 Å². The van der Waals surface area contributed by atoms with Gasteiger partial charge < -0.3 is 25.4 Å². The Morgan fingerprint density at radius 1 is 1.33 bits per heavy atom. The summed E-state index contributed by atoms with van der Waals surface area (Å²) < 4.78 is 10.8. The maximum Gasteiger partial charge on any atom is 0.253 e. The number of amides is 2. The normalized spacial score (nSPS) is 21.6. The third-order valence-corrected chi connectivity index (χ3v) is 5.35. The fourth-order valence-corrected chi connectivity index (χ4v) is 3.75. The van der Waals surface area contributed by atoms with Crippen LogP contribution in [0.15, 0.2) is 24.3 Å². The highest BCUT2D eigenvalue weighted by Gasteiger charge is 2.32. The van der Waals surface area contributed by atoms with Crippen molar-refractivity contribution in [3.05, 3.63) is 29.8 Å². The second-order valence-corrected chi connectivity index (χ2v) is 7.44. The fourth-order valence-electron chi connectivity index (χ4n) is 3.75. The number of piperidine rings is 1. The first-order valence-corrected chi connectivity index (χ1v) is 9.62. The maximum absolute atomic E-state index is 12.6. The molecule has 0 spiro atoms. The van der Waals surface area contributed by atoms with Crippen molar-refractivity contribution in [1.82, 2.24) is 10.6 Å². The summed E-state index contributed by atoms with van der Waals surface area (Å²) in [6, 6.07) is 7.01. The van der Waals surface area contributed by atoms with Gasteiger partial charge in [-0.25, -0.2) is 0 Å². The molecule has 1 atom stereocenters. The highest BCUT2D eigenvalue weighted by atomic mass is 16.5. The lowest BCUT2D eigenvalue weighted by atomic mass is 9.79. The summed E-state index contributed by atoms with van der Waals surface area (Å²) in [6.07, 6.45) is 3.19. The lowest BCUT2D eigenvalue weighted by Crippen LogP contribution is -2.47. The van der Waals surface area contributed by atoms with Crippen LogP contribution in [-0.2, 0) is 14.3 Å². The standard InChI is InChI=1S/C20H29N3O4/c1-26-14-20(7-9-21-10-8-20)13-22-18(24)15-4-2-5-16(12-15)23-19(25)17-6-3-11-27-17/h2,4-5,12,17,21H,3,6-11,13-14H2,1H3,(H,22,24)(H,23,25). The average molecular weight is 375 g/mol. The number of methoxy groups -OCH3 is 1. The molecule has 0 aliphatic carbocycles. The van der Waals surface area contributed by atoms with Gasteiger partial charge in [0.05, 0.1) is 6.61 Å². The van der Waals surface area contributed by atoms with Crippen molar-refractivity contribution >= 4 is 17.5 Å². The number of benzene rings is 1. The molecule has 2 saturated heterocycles. The summed E-state index contributed by atoms with van der Waals surface area (Å²) in [5, 5.41) is 9.23. The summed E-state index contributed by atoms with van der Waals surface area (Å²) in [7, 11) is 1.70. The van der Waals surface area contributed by atoms with Gasteiger partial charge >= 0.3 is 0 Å². The van der Waals surface area contributed by atoms with Crippen LogP contribution in [0.3, 0.4) is 0 Å². The lowest BCUT2D eigenvalue weighted by Gasteiger charge is -2.37. The molecule has 148 valence electrons. The number of rotatable bonds is 7. The number of ether oxygens (including phenoxy) is 2. The molecule has 1 aromatic carbocycles. The third kappa shape index (κ3) is 5.28. The van der Waals surface area contributed by atoms with Crippen LogP contribution in [0.2, 0.25) is 0 Å².